The summed E-state index contributed by atoms with van der Waals surface area (Å²) in [6.07, 6.45) is 1.02. The Morgan fingerprint density at radius 1 is 1.18 bits per heavy atom. The van der Waals surface area contributed by atoms with Gasteiger partial charge in [0.1, 0.15) is 5.69 Å². The Kier molecular flexibility index (Phi) is 7.08. The first-order valence-electron chi connectivity index (χ1n) is 8.88. The van der Waals surface area contributed by atoms with Crippen molar-refractivity contribution in [1.29, 1.82) is 0 Å². The molecule has 0 aromatic heterocycles. The van der Waals surface area contributed by atoms with Crippen molar-refractivity contribution < 1.29 is 19.2 Å². The number of nitro groups is 1. The van der Waals surface area contributed by atoms with E-state index in [1.54, 1.807) is 19.2 Å². The molecule has 0 aliphatic carbocycles. The van der Waals surface area contributed by atoms with Gasteiger partial charge in [-0.1, -0.05) is 26.0 Å². The fourth-order valence-corrected chi connectivity index (χ4v) is 2.56. The first kappa shape index (κ1) is 20.9. The standard InChI is InChI=1S/C20H23N3O5/c1-4-13(2)14-5-8-16(9-6-14)22-19(24)12-28-20(25)15-7-10-17(21-3)18(11-15)23(26)27/h5-11,13,21H,4,12H2,1-3H3,(H,22,24)/t13-/m1/s1. The number of carbonyl (C=O) groups excluding carboxylic acids is 2. The molecule has 0 aliphatic rings. The molecule has 2 N–H and O–H groups in total. The maximum atomic E-state index is 12.1. The summed E-state index contributed by atoms with van der Waals surface area (Å²) in [5.74, 6) is -0.872. The maximum Gasteiger partial charge on any atom is 0.338 e. The largest absolute Gasteiger partial charge is 0.452 e. The lowest BCUT2D eigenvalue weighted by Crippen LogP contribution is -2.21. The van der Waals surface area contributed by atoms with Crippen LogP contribution >= 0.6 is 0 Å². The molecule has 148 valence electrons. The summed E-state index contributed by atoms with van der Waals surface area (Å²) in [5, 5.41) is 16.4. The Bertz CT molecular complexity index is 865. The molecule has 8 nitrogen and oxygen atoms in total. The first-order valence-corrected chi connectivity index (χ1v) is 8.88. The summed E-state index contributed by atoms with van der Waals surface area (Å²) >= 11 is 0. The van der Waals surface area contributed by atoms with E-state index in [1.165, 1.54) is 17.7 Å². The Morgan fingerprint density at radius 2 is 1.86 bits per heavy atom. The zero-order chi connectivity index (χ0) is 20.7. The van der Waals surface area contributed by atoms with Crippen LogP contribution < -0.4 is 10.6 Å². The number of anilines is 2. The zero-order valence-electron chi connectivity index (χ0n) is 16.0. The van der Waals surface area contributed by atoms with Gasteiger partial charge in [0.25, 0.3) is 11.6 Å². The molecule has 0 spiro atoms. The van der Waals surface area contributed by atoms with E-state index in [-0.39, 0.29) is 16.9 Å². The van der Waals surface area contributed by atoms with Crippen LogP contribution in [0.2, 0.25) is 0 Å². The number of amides is 1. The summed E-state index contributed by atoms with van der Waals surface area (Å²) in [5.41, 5.74) is 1.81. The number of nitrogens with one attached hydrogen (secondary N) is 2. The molecule has 2 aromatic rings. The van der Waals surface area contributed by atoms with Gasteiger partial charge in [0, 0.05) is 18.8 Å². The third-order valence-corrected chi connectivity index (χ3v) is 4.41. The van der Waals surface area contributed by atoms with Crippen molar-refractivity contribution in [2.45, 2.75) is 26.2 Å². The molecule has 0 aliphatic heterocycles. The number of hydrogen-bond acceptors (Lipinski definition) is 6. The number of rotatable bonds is 8. The van der Waals surface area contributed by atoms with Crippen molar-refractivity contribution in [2.75, 3.05) is 24.3 Å². The normalized spacial score (nSPS) is 11.4. The van der Waals surface area contributed by atoms with Crippen LogP contribution in [0.25, 0.3) is 0 Å². The molecule has 0 saturated carbocycles. The minimum absolute atomic E-state index is 0.00333. The molecule has 2 aromatic carbocycles. The number of ether oxygens (including phenoxy) is 1. The topological polar surface area (TPSA) is 111 Å². The van der Waals surface area contributed by atoms with Crippen molar-refractivity contribution in [1.82, 2.24) is 0 Å². The first-order chi connectivity index (χ1) is 13.3. The van der Waals surface area contributed by atoms with Gasteiger partial charge in [-0.2, -0.15) is 0 Å². The van der Waals surface area contributed by atoms with Crippen LogP contribution in [0.3, 0.4) is 0 Å². The van der Waals surface area contributed by atoms with E-state index in [0.717, 1.165) is 12.5 Å². The average molecular weight is 385 g/mol. The predicted octanol–water partition coefficient (Wildman–Crippen LogP) is 3.95. The molecule has 1 atom stereocenters. The summed E-state index contributed by atoms with van der Waals surface area (Å²) in [6, 6.07) is 11.4. The van der Waals surface area contributed by atoms with Crippen LogP contribution in [0.5, 0.6) is 0 Å². The minimum Gasteiger partial charge on any atom is -0.452 e. The van der Waals surface area contributed by atoms with Gasteiger partial charge in [0.2, 0.25) is 0 Å². The number of hydrogen-bond donors (Lipinski definition) is 2. The Hall–Kier alpha value is -3.42. The van der Waals surface area contributed by atoms with E-state index in [1.807, 2.05) is 12.1 Å². The molecule has 0 unspecified atom stereocenters. The van der Waals surface area contributed by atoms with Gasteiger partial charge < -0.3 is 15.4 Å². The number of nitrogens with zero attached hydrogens (tertiary/aromatic N) is 1. The molecule has 1 amide bonds. The molecular weight excluding hydrogens is 362 g/mol. The van der Waals surface area contributed by atoms with Crippen LogP contribution in [-0.2, 0) is 9.53 Å². The molecule has 0 radical (unpaired) electrons. The van der Waals surface area contributed by atoms with E-state index in [2.05, 4.69) is 24.5 Å². The number of carbonyl (C=O) groups is 2. The SMILES string of the molecule is CC[C@@H](C)c1ccc(NC(=O)COC(=O)c2ccc(NC)c([N+](=O)[O-])c2)cc1. The second kappa shape index (κ2) is 9.50. The van der Waals surface area contributed by atoms with E-state index in [0.29, 0.717) is 11.6 Å². The van der Waals surface area contributed by atoms with Gasteiger partial charge in [0.05, 0.1) is 10.5 Å². The summed E-state index contributed by atoms with van der Waals surface area (Å²) in [4.78, 5) is 34.5. The van der Waals surface area contributed by atoms with Gasteiger partial charge >= 0.3 is 5.97 Å². The quantitative estimate of drug-likeness (QED) is 0.404. The van der Waals surface area contributed by atoms with Crippen molar-refractivity contribution in [3.63, 3.8) is 0 Å². The van der Waals surface area contributed by atoms with Crippen LogP contribution in [-0.4, -0.2) is 30.5 Å². The average Bonchev–Trinajstić information content (AvgIpc) is 2.71. The lowest BCUT2D eigenvalue weighted by atomic mass is 9.99. The summed E-state index contributed by atoms with van der Waals surface area (Å²) in [7, 11) is 1.54. The molecule has 8 heteroatoms. The Morgan fingerprint density at radius 3 is 2.43 bits per heavy atom. The molecule has 28 heavy (non-hydrogen) atoms. The van der Waals surface area contributed by atoms with Crippen molar-refractivity contribution in [2.24, 2.45) is 0 Å². The maximum absolute atomic E-state index is 12.1. The number of esters is 1. The highest BCUT2D eigenvalue weighted by molar-refractivity contribution is 5.96. The highest BCUT2D eigenvalue weighted by Gasteiger charge is 2.18. The molecule has 0 bridgehead atoms. The smallest absolute Gasteiger partial charge is 0.338 e. The van der Waals surface area contributed by atoms with Gasteiger partial charge in [-0.25, -0.2) is 4.79 Å². The Labute approximate surface area is 163 Å². The van der Waals surface area contributed by atoms with Crippen LogP contribution in [0.15, 0.2) is 42.5 Å². The molecule has 0 heterocycles. The van der Waals surface area contributed by atoms with Gasteiger partial charge in [-0.05, 0) is 42.2 Å². The lowest BCUT2D eigenvalue weighted by molar-refractivity contribution is -0.384. The lowest BCUT2D eigenvalue weighted by Gasteiger charge is -2.11. The monoisotopic (exact) mass is 385 g/mol. The zero-order valence-corrected chi connectivity index (χ0v) is 16.0. The number of benzene rings is 2. The molecular formula is C20H23N3O5. The van der Waals surface area contributed by atoms with E-state index in [4.69, 9.17) is 4.74 Å². The highest BCUT2D eigenvalue weighted by atomic mass is 16.6. The minimum atomic E-state index is -0.812. The number of nitro benzene ring substituents is 1. The predicted molar refractivity (Wildman–Crippen MR) is 107 cm³/mol. The molecule has 0 saturated heterocycles. The van der Waals surface area contributed by atoms with Crippen molar-refractivity contribution in [3.05, 3.63) is 63.7 Å². The fraction of sp³-hybridized carbons (Fsp3) is 0.300. The van der Waals surface area contributed by atoms with Gasteiger partial charge in [-0.15, -0.1) is 0 Å². The molecule has 0 fully saturated rings. The third-order valence-electron chi connectivity index (χ3n) is 4.41. The van der Waals surface area contributed by atoms with Crippen molar-refractivity contribution >= 4 is 28.9 Å². The summed E-state index contributed by atoms with van der Waals surface area (Å²) in [6.45, 7) is 3.74. The van der Waals surface area contributed by atoms with Gasteiger partial charge in [0.15, 0.2) is 6.61 Å². The van der Waals surface area contributed by atoms with E-state index < -0.39 is 23.4 Å². The van der Waals surface area contributed by atoms with E-state index in [9.17, 15) is 19.7 Å². The van der Waals surface area contributed by atoms with Crippen LogP contribution in [0, 0.1) is 10.1 Å². The Balaban J connectivity index is 1.94. The highest BCUT2D eigenvalue weighted by Crippen LogP contribution is 2.25. The third kappa shape index (κ3) is 5.29. The molecule has 2 rings (SSSR count). The van der Waals surface area contributed by atoms with Crippen LogP contribution in [0.4, 0.5) is 17.1 Å². The van der Waals surface area contributed by atoms with Gasteiger partial charge in [-0.3, -0.25) is 14.9 Å². The fourth-order valence-electron chi connectivity index (χ4n) is 2.56. The summed E-state index contributed by atoms with van der Waals surface area (Å²) < 4.78 is 4.96. The second-order valence-corrected chi connectivity index (χ2v) is 6.29. The van der Waals surface area contributed by atoms with E-state index >= 15 is 0 Å². The second-order valence-electron chi connectivity index (χ2n) is 6.29. The van der Waals surface area contributed by atoms with Crippen molar-refractivity contribution in [3.8, 4) is 0 Å². The van der Waals surface area contributed by atoms with Crippen LogP contribution in [0.1, 0.15) is 42.1 Å².